The van der Waals surface area contributed by atoms with Crippen LogP contribution in [0.25, 0.3) is 0 Å². The SMILES string of the molecule is O=C(NCCC(O)c1ccsc1)C(c1ccccc1)c1ccccc1. The summed E-state index contributed by atoms with van der Waals surface area (Å²) in [5, 5.41) is 17.0. The van der Waals surface area contributed by atoms with Crippen molar-refractivity contribution in [2.75, 3.05) is 6.54 Å². The average molecular weight is 351 g/mol. The number of aliphatic hydroxyl groups excluding tert-OH is 1. The summed E-state index contributed by atoms with van der Waals surface area (Å²) in [6.07, 6.45) is -0.0443. The molecule has 0 spiro atoms. The predicted octanol–water partition coefficient (Wildman–Crippen LogP) is 4.12. The largest absolute Gasteiger partial charge is 0.388 e. The average Bonchev–Trinajstić information content (AvgIpc) is 3.18. The lowest BCUT2D eigenvalue weighted by molar-refractivity contribution is -0.121. The molecule has 0 aliphatic carbocycles. The fourth-order valence-electron chi connectivity index (χ4n) is 2.85. The lowest BCUT2D eigenvalue weighted by atomic mass is 9.90. The molecule has 2 N–H and O–H groups in total. The van der Waals surface area contributed by atoms with Gasteiger partial charge in [-0.05, 0) is 39.9 Å². The number of hydrogen-bond acceptors (Lipinski definition) is 3. The maximum atomic E-state index is 12.8. The normalized spacial score (nSPS) is 12.1. The van der Waals surface area contributed by atoms with Crippen molar-refractivity contribution in [2.45, 2.75) is 18.4 Å². The smallest absolute Gasteiger partial charge is 0.232 e. The van der Waals surface area contributed by atoms with E-state index in [4.69, 9.17) is 0 Å². The Labute approximate surface area is 152 Å². The van der Waals surface area contributed by atoms with Gasteiger partial charge in [-0.3, -0.25) is 4.79 Å². The lowest BCUT2D eigenvalue weighted by Crippen LogP contribution is -2.31. The third kappa shape index (κ3) is 4.56. The van der Waals surface area contributed by atoms with Gasteiger partial charge in [0.2, 0.25) is 5.91 Å². The van der Waals surface area contributed by atoms with Gasteiger partial charge < -0.3 is 10.4 Å². The Kier molecular flexibility index (Phi) is 5.99. The van der Waals surface area contributed by atoms with Crippen molar-refractivity contribution in [3.63, 3.8) is 0 Å². The van der Waals surface area contributed by atoms with Crippen molar-refractivity contribution in [3.8, 4) is 0 Å². The number of benzene rings is 2. The lowest BCUT2D eigenvalue weighted by Gasteiger charge is -2.18. The number of aliphatic hydroxyl groups is 1. The van der Waals surface area contributed by atoms with Crippen LogP contribution in [0.2, 0.25) is 0 Å². The molecule has 0 bridgehead atoms. The van der Waals surface area contributed by atoms with Gasteiger partial charge in [0.15, 0.2) is 0 Å². The second-order valence-electron chi connectivity index (χ2n) is 5.91. The monoisotopic (exact) mass is 351 g/mol. The second kappa shape index (κ2) is 8.60. The Hall–Kier alpha value is -2.43. The fraction of sp³-hybridized carbons (Fsp3) is 0.190. The van der Waals surface area contributed by atoms with E-state index in [1.165, 1.54) is 0 Å². The summed E-state index contributed by atoms with van der Waals surface area (Å²) in [5.74, 6) is -0.393. The highest BCUT2D eigenvalue weighted by atomic mass is 32.1. The molecule has 1 amide bonds. The minimum absolute atomic E-state index is 0.0464. The predicted molar refractivity (Wildman–Crippen MR) is 102 cm³/mol. The van der Waals surface area contributed by atoms with Crippen LogP contribution in [0.5, 0.6) is 0 Å². The first kappa shape index (κ1) is 17.4. The number of thiophene rings is 1. The Balaban J connectivity index is 1.68. The Morgan fingerprint density at radius 1 is 0.920 bits per heavy atom. The Morgan fingerprint density at radius 3 is 2.04 bits per heavy atom. The highest BCUT2D eigenvalue weighted by molar-refractivity contribution is 7.07. The van der Waals surface area contributed by atoms with Crippen LogP contribution in [0.4, 0.5) is 0 Å². The van der Waals surface area contributed by atoms with Crippen LogP contribution >= 0.6 is 11.3 Å². The van der Waals surface area contributed by atoms with E-state index in [9.17, 15) is 9.90 Å². The summed E-state index contributed by atoms with van der Waals surface area (Å²) in [7, 11) is 0. The standard InChI is InChI=1S/C21H21NO2S/c23-19(18-12-14-25-15-18)11-13-22-21(24)20(16-7-3-1-4-8-16)17-9-5-2-6-10-17/h1-10,12,14-15,19-20,23H,11,13H2,(H,22,24). The van der Waals surface area contributed by atoms with E-state index in [1.54, 1.807) is 11.3 Å². The maximum absolute atomic E-state index is 12.8. The third-order valence-corrected chi connectivity index (χ3v) is 4.87. The zero-order valence-electron chi connectivity index (χ0n) is 13.8. The molecule has 1 heterocycles. The molecule has 3 aromatic rings. The highest BCUT2D eigenvalue weighted by Crippen LogP contribution is 2.25. The molecule has 1 aromatic heterocycles. The molecule has 0 fully saturated rings. The minimum Gasteiger partial charge on any atom is -0.388 e. The van der Waals surface area contributed by atoms with Crippen molar-refractivity contribution in [1.82, 2.24) is 5.32 Å². The topological polar surface area (TPSA) is 49.3 Å². The summed E-state index contributed by atoms with van der Waals surface area (Å²) in [5.41, 5.74) is 2.83. The first-order valence-corrected chi connectivity index (χ1v) is 9.28. The molecular weight excluding hydrogens is 330 g/mol. The van der Waals surface area contributed by atoms with Crippen LogP contribution in [0.1, 0.15) is 35.1 Å². The highest BCUT2D eigenvalue weighted by Gasteiger charge is 2.22. The van der Waals surface area contributed by atoms with E-state index in [-0.39, 0.29) is 11.8 Å². The van der Waals surface area contributed by atoms with Crippen molar-refractivity contribution in [2.24, 2.45) is 0 Å². The van der Waals surface area contributed by atoms with Gasteiger partial charge in [-0.15, -0.1) is 0 Å². The van der Waals surface area contributed by atoms with Gasteiger partial charge in [0.05, 0.1) is 12.0 Å². The maximum Gasteiger partial charge on any atom is 0.232 e. The van der Waals surface area contributed by atoms with Crippen LogP contribution in [0, 0.1) is 0 Å². The summed E-state index contributed by atoms with van der Waals surface area (Å²) in [6.45, 7) is 0.437. The molecule has 128 valence electrons. The number of amides is 1. The van der Waals surface area contributed by atoms with Crippen molar-refractivity contribution in [3.05, 3.63) is 94.2 Å². The summed E-state index contributed by atoms with van der Waals surface area (Å²) >= 11 is 1.56. The molecule has 25 heavy (non-hydrogen) atoms. The van der Waals surface area contributed by atoms with Gasteiger partial charge in [-0.1, -0.05) is 60.7 Å². The molecule has 0 aliphatic rings. The van der Waals surface area contributed by atoms with Crippen LogP contribution < -0.4 is 5.32 Å². The van der Waals surface area contributed by atoms with Crippen LogP contribution in [0.3, 0.4) is 0 Å². The molecule has 0 saturated heterocycles. The number of carbonyl (C=O) groups is 1. The van der Waals surface area contributed by atoms with E-state index < -0.39 is 6.10 Å². The molecule has 1 atom stereocenters. The third-order valence-electron chi connectivity index (χ3n) is 4.17. The van der Waals surface area contributed by atoms with Crippen LogP contribution in [-0.4, -0.2) is 17.6 Å². The van der Waals surface area contributed by atoms with E-state index in [2.05, 4.69) is 5.32 Å². The summed E-state index contributed by atoms with van der Waals surface area (Å²) in [6, 6.07) is 21.5. The number of carbonyl (C=O) groups excluding carboxylic acids is 1. The van der Waals surface area contributed by atoms with Crippen molar-refractivity contribution in [1.29, 1.82) is 0 Å². The van der Waals surface area contributed by atoms with Gasteiger partial charge >= 0.3 is 0 Å². The number of rotatable bonds is 7. The zero-order valence-corrected chi connectivity index (χ0v) is 14.7. The molecule has 2 aromatic carbocycles. The van der Waals surface area contributed by atoms with E-state index in [1.807, 2.05) is 77.5 Å². The van der Waals surface area contributed by atoms with Gasteiger partial charge in [0.1, 0.15) is 0 Å². The Bertz CT molecular complexity index is 733. The van der Waals surface area contributed by atoms with E-state index in [0.717, 1.165) is 16.7 Å². The quantitative estimate of drug-likeness (QED) is 0.673. The van der Waals surface area contributed by atoms with Crippen LogP contribution in [-0.2, 0) is 4.79 Å². The molecule has 0 saturated carbocycles. The van der Waals surface area contributed by atoms with Crippen LogP contribution in [0.15, 0.2) is 77.5 Å². The zero-order chi connectivity index (χ0) is 17.5. The molecular formula is C21H21NO2S. The van der Waals surface area contributed by atoms with E-state index >= 15 is 0 Å². The molecule has 0 aliphatic heterocycles. The molecule has 3 nitrogen and oxygen atoms in total. The summed E-state index contributed by atoms with van der Waals surface area (Å²) < 4.78 is 0. The van der Waals surface area contributed by atoms with E-state index in [0.29, 0.717) is 13.0 Å². The number of hydrogen-bond donors (Lipinski definition) is 2. The first-order chi connectivity index (χ1) is 12.3. The van der Waals surface area contributed by atoms with Gasteiger partial charge in [-0.25, -0.2) is 0 Å². The second-order valence-corrected chi connectivity index (χ2v) is 6.69. The van der Waals surface area contributed by atoms with Crippen molar-refractivity contribution >= 4 is 17.2 Å². The molecule has 3 rings (SSSR count). The fourth-order valence-corrected chi connectivity index (χ4v) is 3.56. The number of nitrogens with one attached hydrogen (secondary N) is 1. The summed E-state index contributed by atoms with van der Waals surface area (Å²) in [4.78, 5) is 12.8. The molecule has 4 heteroatoms. The van der Waals surface area contributed by atoms with Gasteiger partial charge in [-0.2, -0.15) is 11.3 Å². The Morgan fingerprint density at radius 2 is 1.52 bits per heavy atom. The van der Waals surface area contributed by atoms with Gasteiger partial charge in [0, 0.05) is 6.54 Å². The minimum atomic E-state index is -0.543. The van der Waals surface area contributed by atoms with Crippen molar-refractivity contribution < 1.29 is 9.90 Å². The first-order valence-electron chi connectivity index (χ1n) is 8.33. The molecule has 0 radical (unpaired) electrons. The van der Waals surface area contributed by atoms with Gasteiger partial charge in [0.25, 0.3) is 0 Å². The molecule has 1 unspecified atom stereocenters.